The van der Waals surface area contributed by atoms with Crippen molar-refractivity contribution < 1.29 is 9.47 Å². The normalized spacial score (nSPS) is 17.7. The SMILES string of the molecule is CCCNCCNCC1COc2ccccc2O1. The summed E-state index contributed by atoms with van der Waals surface area (Å²) >= 11 is 0. The molecule has 0 aliphatic carbocycles. The smallest absolute Gasteiger partial charge is 0.161 e. The van der Waals surface area contributed by atoms with E-state index in [1.807, 2.05) is 24.3 Å². The first-order chi connectivity index (χ1) is 8.90. The second kappa shape index (κ2) is 7.24. The Bertz CT molecular complexity index is 357. The molecule has 0 aromatic heterocycles. The summed E-state index contributed by atoms with van der Waals surface area (Å²) in [5.74, 6) is 1.69. The van der Waals surface area contributed by atoms with Crippen molar-refractivity contribution >= 4 is 0 Å². The Morgan fingerprint density at radius 2 is 1.89 bits per heavy atom. The molecule has 18 heavy (non-hydrogen) atoms. The van der Waals surface area contributed by atoms with E-state index < -0.39 is 0 Å². The second-order valence-electron chi connectivity index (χ2n) is 4.45. The molecule has 4 nitrogen and oxygen atoms in total. The lowest BCUT2D eigenvalue weighted by Crippen LogP contribution is -2.40. The summed E-state index contributed by atoms with van der Waals surface area (Å²) in [5, 5.41) is 6.73. The maximum atomic E-state index is 5.85. The van der Waals surface area contributed by atoms with Crippen LogP contribution in [-0.2, 0) is 0 Å². The standard InChI is InChI=1S/C14H22N2O2/c1-2-7-15-8-9-16-10-12-11-17-13-5-3-4-6-14(13)18-12/h3-6,12,15-16H,2,7-11H2,1H3. The van der Waals surface area contributed by atoms with Gasteiger partial charge in [-0.25, -0.2) is 0 Å². The van der Waals surface area contributed by atoms with Crippen molar-refractivity contribution in [2.24, 2.45) is 0 Å². The summed E-state index contributed by atoms with van der Waals surface area (Å²) in [7, 11) is 0. The third kappa shape index (κ3) is 3.89. The Morgan fingerprint density at radius 1 is 1.11 bits per heavy atom. The molecule has 1 atom stereocenters. The van der Waals surface area contributed by atoms with Gasteiger partial charge in [0.05, 0.1) is 0 Å². The number of hydrogen-bond acceptors (Lipinski definition) is 4. The van der Waals surface area contributed by atoms with Crippen LogP contribution in [0.2, 0.25) is 0 Å². The number of rotatable bonds is 7. The van der Waals surface area contributed by atoms with Gasteiger partial charge in [0, 0.05) is 19.6 Å². The van der Waals surface area contributed by atoms with Crippen LogP contribution in [0.3, 0.4) is 0 Å². The second-order valence-corrected chi connectivity index (χ2v) is 4.45. The van der Waals surface area contributed by atoms with Crippen LogP contribution in [0.4, 0.5) is 0 Å². The highest BCUT2D eigenvalue weighted by atomic mass is 16.6. The number of fused-ring (bicyclic) bond motifs is 1. The van der Waals surface area contributed by atoms with Crippen LogP contribution < -0.4 is 20.1 Å². The van der Waals surface area contributed by atoms with E-state index in [-0.39, 0.29) is 6.10 Å². The Labute approximate surface area is 109 Å². The largest absolute Gasteiger partial charge is 0.486 e. The van der Waals surface area contributed by atoms with E-state index in [1.54, 1.807) is 0 Å². The lowest BCUT2D eigenvalue weighted by Gasteiger charge is -2.26. The first kappa shape index (κ1) is 13.2. The van der Waals surface area contributed by atoms with Gasteiger partial charge in [0.15, 0.2) is 11.5 Å². The molecule has 0 bridgehead atoms. The molecular weight excluding hydrogens is 228 g/mol. The molecule has 0 radical (unpaired) electrons. The zero-order valence-corrected chi connectivity index (χ0v) is 10.9. The van der Waals surface area contributed by atoms with E-state index in [1.165, 1.54) is 6.42 Å². The fraction of sp³-hybridized carbons (Fsp3) is 0.571. The Balaban J connectivity index is 1.64. The number of benzene rings is 1. The lowest BCUT2D eigenvalue weighted by atomic mass is 10.2. The first-order valence-electron chi connectivity index (χ1n) is 6.70. The minimum Gasteiger partial charge on any atom is -0.486 e. The van der Waals surface area contributed by atoms with Crippen LogP contribution in [0.5, 0.6) is 11.5 Å². The highest BCUT2D eigenvalue weighted by molar-refractivity contribution is 5.40. The van der Waals surface area contributed by atoms with Gasteiger partial charge in [0.1, 0.15) is 12.7 Å². The predicted molar refractivity (Wildman–Crippen MR) is 72.4 cm³/mol. The molecule has 0 saturated carbocycles. The average Bonchev–Trinajstić information content (AvgIpc) is 2.42. The summed E-state index contributed by atoms with van der Waals surface area (Å²) in [4.78, 5) is 0. The molecule has 0 spiro atoms. The van der Waals surface area contributed by atoms with Gasteiger partial charge in [0.25, 0.3) is 0 Å². The number of hydrogen-bond donors (Lipinski definition) is 2. The van der Waals surface area contributed by atoms with E-state index in [0.29, 0.717) is 6.61 Å². The average molecular weight is 250 g/mol. The van der Waals surface area contributed by atoms with Crippen molar-refractivity contribution in [2.75, 3.05) is 32.8 Å². The van der Waals surface area contributed by atoms with Crippen LogP contribution in [-0.4, -0.2) is 38.9 Å². The van der Waals surface area contributed by atoms with Gasteiger partial charge in [-0.2, -0.15) is 0 Å². The van der Waals surface area contributed by atoms with E-state index in [9.17, 15) is 0 Å². The Kier molecular flexibility index (Phi) is 5.30. The molecule has 1 unspecified atom stereocenters. The van der Waals surface area contributed by atoms with Gasteiger partial charge in [-0.1, -0.05) is 19.1 Å². The lowest BCUT2D eigenvalue weighted by molar-refractivity contribution is 0.0906. The number of para-hydroxylation sites is 2. The molecular formula is C14H22N2O2. The van der Waals surface area contributed by atoms with E-state index in [2.05, 4.69) is 17.6 Å². The molecule has 4 heteroatoms. The zero-order valence-electron chi connectivity index (χ0n) is 10.9. The molecule has 0 saturated heterocycles. The Hall–Kier alpha value is -1.26. The monoisotopic (exact) mass is 250 g/mol. The van der Waals surface area contributed by atoms with Crippen molar-refractivity contribution in [1.82, 2.24) is 10.6 Å². The fourth-order valence-corrected chi connectivity index (χ4v) is 1.91. The van der Waals surface area contributed by atoms with Gasteiger partial charge in [-0.15, -0.1) is 0 Å². The molecule has 1 heterocycles. The first-order valence-corrected chi connectivity index (χ1v) is 6.70. The summed E-state index contributed by atoms with van der Waals surface area (Å²) in [6.07, 6.45) is 1.28. The van der Waals surface area contributed by atoms with Crippen molar-refractivity contribution in [1.29, 1.82) is 0 Å². The molecule has 2 N–H and O–H groups in total. The molecule has 2 rings (SSSR count). The third-order valence-electron chi connectivity index (χ3n) is 2.84. The predicted octanol–water partition coefficient (Wildman–Crippen LogP) is 1.42. The molecule has 0 fully saturated rings. The third-order valence-corrected chi connectivity index (χ3v) is 2.84. The number of nitrogens with one attached hydrogen (secondary N) is 2. The quantitative estimate of drug-likeness (QED) is 0.718. The summed E-state index contributed by atoms with van der Waals surface area (Å²) in [5.41, 5.74) is 0. The van der Waals surface area contributed by atoms with E-state index in [0.717, 1.165) is 37.7 Å². The molecule has 1 aromatic rings. The van der Waals surface area contributed by atoms with Crippen LogP contribution in [0, 0.1) is 0 Å². The molecule has 0 amide bonds. The molecule has 1 aliphatic heterocycles. The topological polar surface area (TPSA) is 42.5 Å². The van der Waals surface area contributed by atoms with E-state index in [4.69, 9.17) is 9.47 Å². The summed E-state index contributed by atoms with van der Waals surface area (Å²) < 4.78 is 11.5. The number of ether oxygens (including phenoxy) is 2. The maximum absolute atomic E-state index is 5.85. The summed E-state index contributed by atoms with van der Waals surface area (Å²) in [6.45, 7) is 6.65. The van der Waals surface area contributed by atoms with Crippen molar-refractivity contribution in [2.45, 2.75) is 19.4 Å². The molecule has 1 aromatic carbocycles. The van der Waals surface area contributed by atoms with Gasteiger partial charge in [-0.3, -0.25) is 0 Å². The van der Waals surface area contributed by atoms with Gasteiger partial charge in [-0.05, 0) is 25.1 Å². The van der Waals surface area contributed by atoms with Crippen molar-refractivity contribution in [3.8, 4) is 11.5 Å². The summed E-state index contributed by atoms with van der Waals surface area (Å²) in [6, 6.07) is 7.81. The minimum atomic E-state index is 0.103. The van der Waals surface area contributed by atoms with E-state index >= 15 is 0 Å². The maximum Gasteiger partial charge on any atom is 0.161 e. The van der Waals surface area contributed by atoms with Crippen molar-refractivity contribution in [3.05, 3.63) is 24.3 Å². The van der Waals surface area contributed by atoms with Crippen LogP contribution in [0.25, 0.3) is 0 Å². The Morgan fingerprint density at radius 3 is 2.72 bits per heavy atom. The highest BCUT2D eigenvalue weighted by Gasteiger charge is 2.19. The highest BCUT2D eigenvalue weighted by Crippen LogP contribution is 2.30. The zero-order chi connectivity index (χ0) is 12.6. The van der Waals surface area contributed by atoms with Crippen LogP contribution in [0.15, 0.2) is 24.3 Å². The van der Waals surface area contributed by atoms with Crippen LogP contribution >= 0.6 is 0 Å². The fourth-order valence-electron chi connectivity index (χ4n) is 1.91. The van der Waals surface area contributed by atoms with Crippen molar-refractivity contribution in [3.63, 3.8) is 0 Å². The van der Waals surface area contributed by atoms with Gasteiger partial charge >= 0.3 is 0 Å². The minimum absolute atomic E-state index is 0.103. The molecule has 100 valence electrons. The van der Waals surface area contributed by atoms with Crippen LogP contribution in [0.1, 0.15) is 13.3 Å². The van der Waals surface area contributed by atoms with Gasteiger partial charge in [0.2, 0.25) is 0 Å². The van der Waals surface area contributed by atoms with Gasteiger partial charge < -0.3 is 20.1 Å². The molecule has 1 aliphatic rings.